The van der Waals surface area contributed by atoms with Crippen LogP contribution in [-0.4, -0.2) is 38.4 Å². The Bertz CT molecular complexity index is 1200. The lowest BCUT2D eigenvalue weighted by molar-refractivity contribution is -0.0515. The molecule has 5 rings (SSSR count). The fourth-order valence-electron chi connectivity index (χ4n) is 3.52. The van der Waals surface area contributed by atoms with Crippen LogP contribution in [0, 0.1) is 5.92 Å². The second-order valence-corrected chi connectivity index (χ2v) is 7.95. The van der Waals surface area contributed by atoms with Crippen LogP contribution in [0.5, 0.6) is 11.5 Å². The number of hydrogen-bond acceptors (Lipinski definition) is 7. The van der Waals surface area contributed by atoms with Gasteiger partial charge in [0.1, 0.15) is 0 Å². The highest BCUT2D eigenvalue weighted by Gasteiger charge is 2.24. The Kier molecular flexibility index (Phi) is 6.28. The Balaban J connectivity index is 1.49. The third-order valence-electron chi connectivity index (χ3n) is 5.43. The number of pyridine rings is 1. The monoisotopic (exact) mass is 464 g/mol. The highest BCUT2D eigenvalue weighted by atomic mass is 19.3. The van der Waals surface area contributed by atoms with E-state index in [9.17, 15) is 8.78 Å². The molecule has 0 saturated heterocycles. The summed E-state index contributed by atoms with van der Waals surface area (Å²) in [6.07, 6.45) is 7.05. The van der Waals surface area contributed by atoms with Crippen molar-refractivity contribution < 1.29 is 18.3 Å². The summed E-state index contributed by atoms with van der Waals surface area (Å²) in [5.74, 6) is 0.783. The summed E-state index contributed by atoms with van der Waals surface area (Å²) < 4.78 is 36.5. The van der Waals surface area contributed by atoms with E-state index in [0.29, 0.717) is 24.8 Å². The van der Waals surface area contributed by atoms with E-state index in [1.165, 1.54) is 17.2 Å². The third-order valence-corrected chi connectivity index (χ3v) is 5.43. The average molecular weight is 464 g/mol. The maximum absolute atomic E-state index is 13.0. The zero-order chi connectivity index (χ0) is 23.3. The van der Waals surface area contributed by atoms with E-state index >= 15 is 0 Å². The second-order valence-electron chi connectivity index (χ2n) is 7.95. The molecule has 0 unspecified atom stereocenters. The summed E-state index contributed by atoms with van der Waals surface area (Å²) in [6.45, 7) is -1.95. The summed E-state index contributed by atoms with van der Waals surface area (Å²) in [4.78, 5) is 7.69. The molecule has 4 aromatic rings. The van der Waals surface area contributed by atoms with Crippen molar-refractivity contribution in [3.63, 3.8) is 0 Å². The van der Waals surface area contributed by atoms with Crippen LogP contribution in [0.4, 0.5) is 20.2 Å². The summed E-state index contributed by atoms with van der Waals surface area (Å²) in [6, 6.07) is 16.5. The van der Waals surface area contributed by atoms with Gasteiger partial charge in [-0.2, -0.15) is 8.78 Å². The van der Waals surface area contributed by atoms with Crippen molar-refractivity contribution >= 4 is 11.4 Å². The molecule has 34 heavy (non-hydrogen) atoms. The Morgan fingerprint density at radius 2 is 1.85 bits per heavy atom. The lowest BCUT2D eigenvalue weighted by Crippen LogP contribution is -2.17. The van der Waals surface area contributed by atoms with Gasteiger partial charge in [-0.05, 0) is 72.0 Å². The molecule has 0 atom stereocenters. The van der Waals surface area contributed by atoms with Gasteiger partial charge in [-0.1, -0.05) is 6.07 Å². The molecule has 174 valence electrons. The number of benzene rings is 2. The molecule has 1 fully saturated rings. The number of aromatic nitrogens is 5. The predicted octanol–water partition coefficient (Wildman–Crippen LogP) is 4.79. The van der Waals surface area contributed by atoms with Gasteiger partial charge in [0.25, 0.3) is 0 Å². The van der Waals surface area contributed by atoms with Gasteiger partial charge in [0.2, 0.25) is 0 Å². The predicted molar refractivity (Wildman–Crippen MR) is 121 cm³/mol. The van der Waals surface area contributed by atoms with Gasteiger partial charge < -0.3 is 14.4 Å². The van der Waals surface area contributed by atoms with Crippen LogP contribution in [0.15, 0.2) is 73.3 Å². The van der Waals surface area contributed by atoms with E-state index in [2.05, 4.69) is 20.4 Å². The molecule has 1 aliphatic rings. The SMILES string of the molecule is FC(F)Oc1ccc(N(Cc2cccnc2)c2ccc(-n3ncnn3)cc2)cc1OCC1CC1. The average Bonchev–Trinajstić information content (AvgIpc) is 3.53. The zero-order valence-corrected chi connectivity index (χ0v) is 18.2. The maximum atomic E-state index is 13.0. The number of halogens is 2. The van der Waals surface area contributed by atoms with Crippen molar-refractivity contribution in [3.05, 3.63) is 78.9 Å². The minimum absolute atomic E-state index is 0.0216. The van der Waals surface area contributed by atoms with E-state index < -0.39 is 6.61 Å². The van der Waals surface area contributed by atoms with Crippen LogP contribution in [0.2, 0.25) is 0 Å². The van der Waals surface area contributed by atoms with Crippen molar-refractivity contribution in [2.75, 3.05) is 11.5 Å². The third kappa shape index (κ3) is 5.28. The van der Waals surface area contributed by atoms with E-state index in [1.807, 2.05) is 41.3 Å². The topological polar surface area (TPSA) is 78.2 Å². The zero-order valence-electron chi connectivity index (χ0n) is 18.2. The first-order chi connectivity index (χ1) is 16.7. The fourth-order valence-corrected chi connectivity index (χ4v) is 3.52. The van der Waals surface area contributed by atoms with Crippen molar-refractivity contribution in [2.45, 2.75) is 26.0 Å². The molecule has 2 aromatic carbocycles. The van der Waals surface area contributed by atoms with Gasteiger partial charge in [-0.3, -0.25) is 4.98 Å². The quantitative estimate of drug-likeness (QED) is 0.334. The number of rotatable bonds is 10. The van der Waals surface area contributed by atoms with E-state index in [0.717, 1.165) is 35.5 Å². The van der Waals surface area contributed by atoms with Gasteiger partial charge in [0.05, 0.1) is 12.3 Å². The highest BCUT2D eigenvalue weighted by molar-refractivity contribution is 5.67. The number of tetrazole rings is 1. The molecule has 1 saturated carbocycles. The second kappa shape index (κ2) is 9.82. The Hall–Kier alpha value is -4.08. The van der Waals surface area contributed by atoms with Crippen LogP contribution < -0.4 is 14.4 Å². The number of hydrogen-bond donors (Lipinski definition) is 0. The van der Waals surface area contributed by atoms with Crippen molar-refractivity contribution in [2.24, 2.45) is 5.92 Å². The molecule has 0 N–H and O–H groups in total. The summed E-state index contributed by atoms with van der Waals surface area (Å²) in [5.41, 5.74) is 3.39. The molecule has 2 aromatic heterocycles. The highest BCUT2D eigenvalue weighted by Crippen LogP contribution is 2.38. The van der Waals surface area contributed by atoms with E-state index in [4.69, 9.17) is 9.47 Å². The van der Waals surface area contributed by atoms with Crippen molar-refractivity contribution in [1.29, 1.82) is 0 Å². The first-order valence-corrected chi connectivity index (χ1v) is 10.9. The van der Waals surface area contributed by atoms with Crippen molar-refractivity contribution in [1.82, 2.24) is 25.2 Å². The van der Waals surface area contributed by atoms with Gasteiger partial charge in [0, 0.05) is 36.4 Å². The summed E-state index contributed by atoms with van der Waals surface area (Å²) in [7, 11) is 0. The molecular weight excluding hydrogens is 442 g/mol. The van der Waals surface area contributed by atoms with E-state index in [-0.39, 0.29) is 5.75 Å². The van der Waals surface area contributed by atoms with Crippen molar-refractivity contribution in [3.8, 4) is 17.2 Å². The van der Waals surface area contributed by atoms with Gasteiger partial charge in [0.15, 0.2) is 17.8 Å². The molecule has 0 radical (unpaired) electrons. The van der Waals surface area contributed by atoms with E-state index in [1.54, 1.807) is 24.5 Å². The smallest absolute Gasteiger partial charge is 0.387 e. The largest absolute Gasteiger partial charge is 0.489 e. The molecule has 0 bridgehead atoms. The minimum Gasteiger partial charge on any atom is -0.489 e. The Labute approximate surface area is 194 Å². The number of anilines is 2. The Morgan fingerprint density at radius 3 is 2.53 bits per heavy atom. The Morgan fingerprint density at radius 1 is 1.03 bits per heavy atom. The molecule has 0 spiro atoms. The standard InChI is InChI=1S/C24H22F2N6O2/c25-24(26)34-22-10-9-21(12-23(22)33-15-17-3-4-17)31(14-18-2-1-11-27-13-18)19-5-7-20(8-6-19)32-29-16-28-30-32/h1-2,5-13,16-17,24H,3-4,14-15H2. The summed E-state index contributed by atoms with van der Waals surface area (Å²) >= 11 is 0. The van der Waals surface area contributed by atoms with Gasteiger partial charge >= 0.3 is 6.61 Å². The molecule has 1 aliphatic carbocycles. The van der Waals surface area contributed by atoms with Crippen LogP contribution in [0.3, 0.4) is 0 Å². The first-order valence-electron chi connectivity index (χ1n) is 10.9. The molecule has 10 heteroatoms. The van der Waals surface area contributed by atoms with Crippen LogP contribution in [0.1, 0.15) is 18.4 Å². The first kappa shape index (κ1) is 21.7. The lowest BCUT2D eigenvalue weighted by atomic mass is 10.1. The number of nitrogens with zero attached hydrogens (tertiary/aromatic N) is 6. The minimum atomic E-state index is -2.93. The maximum Gasteiger partial charge on any atom is 0.387 e. The molecule has 2 heterocycles. The van der Waals surface area contributed by atoms with Crippen LogP contribution in [-0.2, 0) is 6.54 Å². The van der Waals surface area contributed by atoms with Crippen LogP contribution >= 0.6 is 0 Å². The number of alkyl halides is 2. The van der Waals surface area contributed by atoms with Gasteiger partial charge in [-0.15, -0.1) is 15.0 Å². The van der Waals surface area contributed by atoms with Gasteiger partial charge in [-0.25, -0.2) is 0 Å². The normalized spacial score (nSPS) is 13.1. The molecule has 0 aliphatic heterocycles. The number of ether oxygens (including phenoxy) is 2. The molecule has 8 nitrogen and oxygen atoms in total. The lowest BCUT2D eigenvalue weighted by Gasteiger charge is -2.26. The molecule has 0 amide bonds. The molecular formula is C24H22F2N6O2. The summed E-state index contributed by atoms with van der Waals surface area (Å²) in [5, 5.41) is 11.7. The van der Waals surface area contributed by atoms with Crippen LogP contribution in [0.25, 0.3) is 5.69 Å². The fraction of sp³-hybridized carbons (Fsp3) is 0.250.